The van der Waals surface area contributed by atoms with E-state index in [1.54, 1.807) is 30.5 Å². The third-order valence-corrected chi connectivity index (χ3v) is 5.41. The minimum Gasteiger partial charge on any atom is -0.359 e. The van der Waals surface area contributed by atoms with E-state index in [-0.39, 0.29) is 0 Å². The Labute approximate surface area is 128 Å². The van der Waals surface area contributed by atoms with Gasteiger partial charge in [0.25, 0.3) is 0 Å². The Morgan fingerprint density at radius 2 is 1.95 bits per heavy atom. The molecule has 1 saturated carbocycles. The topological polar surface area (TPSA) is 62.3 Å². The molecule has 0 aliphatic heterocycles. The Balaban J connectivity index is 1.78. The maximum atomic E-state index is 11.5. The molecule has 1 heterocycles. The van der Waals surface area contributed by atoms with Gasteiger partial charge in [-0.05, 0) is 25.0 Å². The first-order valence-electron chi connectivity index (χ1n) is 6.70. The van der Waals surface area contributed by atoms with Crippen LogP contribution < -0.4 is 9.62 Å². The maximum absolute atomic E-state index is 11.5. The Morgan fingerprint density at radius 1 is 1.29 bits per heavy atom. The van der Waals surface area contributed by atoms with Crippen LogP contribution >= 0.6 is 11.3 Å². The Kier molecular flexibility index (Phi) is 3.62. The predicted molar refractivity (Wildman–Crippen MR) is 87.4 cm³/mol. The molecular formula is C14H17N3O2S2. The fourth-order valence-corrected chi connectivity index (χ4v) is 3.21. The first-order valence-corrected chi connectivity index (χ1v) is 9.43. The predicted octanol–water partition coefficient (Wildman–Crippen LogP) is 2.78. The van der Waals surface area contributed by atoms with Crippen molar-refractivity contribution in [2.45, 2.75) is 18.9 Å². The van der Waals surface area contributed by atoms with Gasteiger partial charge in [-0.15, -0.1) is 11.3 Å². The number of rotatable bonds is 5. The number of sulfonamides is 1. The fourth-order valence-electron chi connectivity index (χ4n) is 1.91. The molecule has 0 radical (unpaired) electrons. The summed E-state index contributed by atoms with van der Waals surface area (Å²) in [5.74, 6) is 0. The van der Waals surface area contributed by atoms with E-state index >= 15 is 0 Å². The van der Waals surface area contributed by atoms with Gasteiger partial charge in [0.1, 0.15) is 0 Å². The van der Waals surface area contributed by atoms with E-state index in [2.05, 4.69) is 10.3 Å². The van der Waals surface area contributed by atoms with Crippen LogP contribution in [0.25, 0.3) is 11.3 Å². The minimum absolute atomic E-state index is 0.592. The summed E-state index contributed by atoms with van der Waals surface area (Å²) in [5.41, 5.74) is 2.55. The van der Waals surface area contributed by atoms with Crippen molar-refractivity contribution >= 4 is 32.2 Å². The number of nitrogens with one attached hydrogen (secondary N) is 1. The molecule has 1 fully saturated rings. The van der Waals surface area contributed by atoms with E-state index in [0.29, 0.717) is 11.7 Å². The summed E-state index contributed by atoms with van der Waals surface area (Å²) in [5, 5.41) is 6.34. The molecule has 5 nitrogen and oxygen atoms in total. The van der Waals surface area contributed by atoms with Gasteiger partial charge in [0.05, 0.1) is 17.6 Å². The molecule has 0 saturated heterocycles. The van der Waals surface area contributed by atoms with Gasteiger partial charge in [-0.1, -0.05) is 12.1 Å². The van der Waals surface area contributed by atoms with E-state index in [1.807, 2.05) is 17.5 Å². The van der Waals surface area contributed by atoms with Crippen LogP contribution in [0, 0.1) is 0 Å². The molecule has 21 heavy (non-hydrogen) atoms. The number of hydrogen-bond acceptors (Lipinski definition) is 5. The third-order valence-electron chi connectivity index (χ3n) is 3.43. The van der Waals surface area contributed by atoms with Crippen molar-refractivity contribution < 1.29 is 8.42 Å². The second kappa shape index (κ2) is 5.31. The molecule has 1 aromatic heterocycles. The number of thiazole rings is 1. The van der Waals surface area contributed by atoms with Crippen molar-refractivity contribution in [1.82, 2.24) is 4.98 Å². The molecule has 0 bridgehead atoms. The first kappa shape index (κ1) is 14.3. The smallest absolute Gasteiger partial charge is 0.231 e. The van der Waals surface area contributed by atoms with Gasteiger partial charge in [-0.2, -0.15) is 0 Å². The monoisotopic (exact) mass is 323 g/mol. The molecule has 1 aromatic carbocycles. The molecule has 1 N–H and O–H groups in total. The van der Waals surface area contributed by atoms with Gasteiger partial charge in [0, 0.05) is 24.0 Å². The normalized spacial score (nSPS) is 15.0. The highest BCUT2D eigenvalue weighted by Gasteiger charge is 2.22. The van der Waals surface area contributed by atoms with Crippen molar-refractivity contribution in [3.05, 3.63) is 29.6 Å². The summed E-state index contributed by atoms with van der Waals surface area (Å²) < 4.78 is 24.3. The van der Waals surface area contributed by atoms with E-state index in [0.717, 1.165) is 16.4 Å². The van der Waals surface area contributed by atoms with Crippen molar-refractivity contribution in [2.24, 2.45) is 0 Å². The van der Waals surface area contributed by atoms with E-state index in [9.17, 15) is 8.42 Å². The average molecular weight is 323 g/mol. The third kappa shape index (κ3) is 3.36. The number of hydrogen-bond donors (Lipinski definition) is 1. The molecule has 7 heteroatoms. The molecule has 112 valence electrons. The van der Waals surface area contributed by atoms with Crippen LogP contribution in [0.2, 0.25) is 0 Å². The maximum Gasteiger partial charge on any atom is 0.231 e. The lowest BCUT2D eigenvalue weighted by Gasteiger charge is -2.16. The molecule has 2 aromatic rings. The summed E-state index contributed by atoms with van der Waals surface area (Å²) in [7, 11) is -1.68. The van der Waals surface area contributed by atoms with Gasteiger partial charge < -0.3 is 5.32 Å². The Bertz CT molecular complexity index is 734. The number of benzene rings is 1. The number of aromatic nitrogens is 1. The summed E-state index contributed by atoms with van der Waals surface area (Å²) >= 11 is 1.60. The second-order valence-corrected chi connectivity index (χ2v) is 8.11. The summed E-state index contributed by atoms with van der Waals surface area (Å²) in [6.45, 7) is 0. The Hall–Kier alpha value is -1.60. The highest BCUT2D eigenvalue weighted by atomic mass is 32.2. The van der Waals surface area contributed by atoms with Gasteiger partial charge in [-0.3, -0.25) is 4.31 Å². The lowest BCUT2D eigenvalue weighted by molar-refractivity contribution is 0.600. The molecule has 0 unspecified atom stereocenters. The van der Waals surface area contributed by atoms with Crippen molar-refractivity contribution in [2.75, 3.05) is 22.9 Å². The number of nitrogens with zero attached hydrogens (tertiary/aromatic N) is 2. The van der Waals surface area contributed by atoms with Crippen LogP contribution in [0.1, 0.15) is 12.8 Å². The summed E-state index contributed by atoms with van der Waals surface area (Å²) in [6.07, 6.45) is 3.64. The van der Waals surface area contributed by atoms with Gasteiger partial charge >= 0.3 is 0 Å². The van der Waals surface area contributed by atoms with Crippen LogP contribution in [0.15, 0.2) is 29.6 Å². The zero-order valence-electron chi connectivity index (χ0n) is 11.9. The van der Waals surface area contributed by atoms with Crippen molar-refractivity contribution in [3.8, 4) is 11.3 Å². The SMILES string of the molecule is CN(c1ccc(-c2csc(NC3CC3)n2)cc1)S(C)(=O)=O. The quantitative estimate of drug-likeness (QED) is 0.919. The minimum atomic E-state index is -3.23. The molecule has 3 rings (SSSR count). The zero-order chi connectivity index (χ0) is 15.0. The van der Waals surface area contributed by atoms with Gasteiger partial charge in [0.2, 0.25) is 10.0 Å². The molecule has 0 amide bonds. The lowest BCUT2D eigenvalue weighted by Crippen LogP contribution is -2.24. The molecule has 1 aliphatic carbocycles. The van der Waals surface area contributed by atoms with Crippen LogP contribution in [0.3, 0.4) is 0 Å². The highest BCUT2D eigenvalue weighted by molar-refractivity contribution is 7.92. The summed E-state index contributed by atoms with van der Waals surface area (Å²) in [4.78, 5) is 4.56. The highest BCUT2D eigenvalue weighted by Crippen LogP contribution is 2.30. The average Bonchev–Trinajstić information content (AvgIpc) is 3.13. The van der Waals surface area contributed by atoms with E-state index < -0.39 is 10.0 Å². The number of anilines is 2. The van der Waals surface area contributed by atoms with Crippen LogP contribution in [0.4, 0.5) is 10.8 Å². The van der Waals surface area contributed by atoms with Crippen LogP contribution in [0.5, 0.6) is 0 Å². The largest absolute Gasteiger partial charge is 0.359 e. The molecule has 1 aliphatic rings. The van der Waals surface area contributed by atoms with E-state index in [4.69, 9.17) is 0 Å². The van der Waals surface area contributed by atoms with Crippen LogP contribution in [-0.2, 0) is 10.0 Å². The Morgan fingerprint density at radius 3 is 2.52 bits per heavy atom. The van der Waals surface area contributed by atoms with Gasteiger partial charge in [0.15, 0.2) is 5.13 Å². The van der Waals surface area contributed by atoms with Crippen molar-refractivity contribution in [1.29, 1.82) is 0 Å². The standard InChI is InChI=1S/C14H17N3O2S2/c1-17(21(2,18)19)12-7-3-10(4-8-12)13-9-20-14(16-13)15-11-5-6-11/h3-4,7-9,11H,5-6H2,1-2H3,(H,15,16). The second-order valence-electron chi connectivity index (χ2n) is 5.23. The van der Waals surface area contributed by atoms with Crippen LogP contribution in [-0.4, -0.2) is 32.7 Å². The zero-order valence-corrected chi connectivity index (χ0v) is 13.5. The first-order chi connectivity index (χ1) is 9.93. The van der Waals surface area contributed by atoms with Gasteiger partial charge in [-0.25, -0.2) is 13.4 Å². The van der Waals surface area contributed by atoms with E-state index in [1.165, 1.54) is 23.4 Å². The molecular weight excluding hydrogens is 306 g/mol. The molecule has 0 spiro atoms. The van der Waals surface area contributed by atoms with Crippen molar-refractivity contribution in [3.63, 3.8) is 0 Å². The molecule has 0 atom stereocenters. The fraction of sp³-hybridized carbons (Fsp3) is 0.357. The lowest BCUT2D eigenvalue weighted by atomic mass is 10.1. The summed E-state index contributed by atoms with van der Waals surface area (Å²) in [6, 6.07) is 7.97.